The third kappa shape index (κ3) is 3.16. The lowest BCUT2D eigenvalue weighted by atomic mass is 9.44. The number of aliphatic hydroxyl groups excluding tert-OH is 2. The van der Waals surface area contributed by atoms with E-state index < -0.39 is 0 Å². The third-order valence-electron chi connectivity index (χ3n) is 11.3. The summed E-state index contributed by atoms with van der Waals surface area (Å²) in [5, 5.41) is 21.6. The van der Waals surface area contributed by atoms with Gasteiger partial charge in [0.15, 0.2) is 0 Å². The van der Waals surface area contributed by atoms with Crippen LogP contribution in [0.1, 0.15) is 91.9 Å². The maximum Gasteiger partial charge on any atom is 0.0582 e. The summed E-state index contributed by atoms with van der Waals surface area (Å²) >= 11 is 0. The SMILES string of the molecule is C[C@@H]1CCC([C@H](C)[C@H]2[C@H](O)C[C@H]3[C@@H]4CC[C@H]5C[C@@H](O)CC[C@]5(C)[C@H]4CC[C@]23C)=NC1. The zero-order valence-corrected chi connectivity index (χ0v) is 19.8. The topological polar surface area (TPSA) is 52.8 Å². The summed E-state index contributed by atoms with van der Waals surface area (Å²) < 4.78 is 0. The van der Waals surface area contributed by atoms with Crippen molar-refractivity contribution >= 4 is 5.71 Å². The molecular weight excluding hydrogens is 370 g/mol. The molecule has 4 fully saturated rings. The molecule has 1 aliphatic heterocycles. The molecule has 0 saturated heterocycles. The molecule has 4 aliphatic carbocycles. The number of aliphatic imine (C=N–C) groups is 1. The predicted molar refractivity (Wildman–Crippen MR) is 122 cm³/mol. The predicted octanol–water partition coefficient (Wildman–Crippen LogP) is 5.48. The van der Waals surface area contributed by atoms with E-state index in [1.807, 2.05) is 0 Å². The van der Waals surface area contributed by atoms with Crippen LogP contribution in [0.3, 0.4) is 0 Å². The molecule has 0 radical (unpaired) electrons. The van der Waals surface area contributed by atoms with Gasteiger partial charge in [0.25, 0.3) is 0 Å². The molecule has 3 nitrogen and oxygen atoms in total. The van der Waals surface area contributed by atoms with Gasteiger partial charge in [0.05, 0.1) is 12.2 Å². The smallest absolute Gasteiger partial charge is 0.0582 e. The van der Waals surface area contributed by atoms with Crippen molar-refractivity contribution in [3.63, 3.8) is 0 Å². The average Bonchev–Trinajstić information content (AvgIpc) is 2.98. The highest BCUT2D eigenvalue weighted by Gasteiger charge is 2.63. The molecule has 3 heteroatoms. The van der Waals surface area contributed by atoms with Gasteiger partial charge in [-0.2, -0.15) is 0 Å². The largest absolute Gasteiger partial charge is 0.393 e. The molecule has 4 saturated carbocycles. The molecule has 30 heavy (non-hydrogen) atoms. The fourth-order valence-electron chi connectivity index (χ4n) is 9.61. The van der Waals surface area contributed by atoms with Gasteiger partial charge in [-0.15, -0.1) is 0 Å². The fraction of sp³-hybridized carbons (Fsp3) is 0.963. The highest BCUT2D eigenvalue weighted by Crippen LogP contribution is 2.68. The zero-order valence-electron chi connectivity index (χ0n) is 19.8. The van der Waals surface area contributed by atoms with Crippen LogP contribution in [0.25, 0.3) is 0 Å². The minimum absolute atomic E-state index is 0.0639. The van der Waals surface area contributed by atoms with Crippen molar-refractivity contribution in [2.45, 2.75) is 104 Å². The molecular formula is C27H45NO2. The second kappa shape index (κ2) is 7.58. The lowest BCUT2D eigenvalue weighted by molar-refractivity contribution is -0.128. The highest BCUT2D eigenvalue weighted by atomic mass is 16.3. The molecule has 11 atom stereocenters. The van der Waals surface area contributed by atoms with Crippen molar-refractivity contribution in [3.05, 3.63) is 0 Å². The molecule has 0 spiro atoms. The lowest BCUT2D eigenvalue weighted by Gasteiger charge is -2.61. The van der Waals surface area contributed by atoms with Crippen molar-refractivity contribution in [1.82, 2.24) is 0 Å². The molecule has 170 valence electrons. The maximum absolute atomic E-state index is 11.4. The summed E-state index contributed by atoms with van der Waals surface area (Å²) in [6.45, 7) is 10.8. The molecule has 5 rings (SSSR count). The van der Waals surface area contributed by atoms with Gasteiger partial charge in [0, 0.05) is 12.3 Å². The van der Waals surface area contributed by atoms with Crippen molar-refractivity contribution in [1.29, 1.82) is 0 Å². The van der Waals surface area contributed by atoms with Crippen LogP contribution in [0.2, 0.25) is 0 Å². The molecule has 0 aromatic carbocycles. The molecule has 2 N–H and O–H groups in total. The monoisotopic (exact) mass is 415 g/mol. The van der Waals surface area contributed by atoms with Gasteiger partial charge in [-0.1, -0.05) is 27.7 Å². The van der Waals surface area contributed by atoms with Gasteiger partial charge >= 0.3 is 0 Å². The van der Waals surface area contributed by atoms with Gasteiger partial charge in [0.1, 0.15) is 0 Å². The Labute approximate surface area is 184 Å². The highest BCUT2D eigenvalue weighted by molar-refractivity contribution is 5.87. The minimum atomic E-state index is -0.158. The van der Waals surface area contributed by atoms with Crippen LogP contribution in [-0.4, -0.2) is 34.7 Å². The summed E-state index contributed by atoms with van der Waals surface area (Å²) in [5.74, 6) is 4.50. The van der Waals surface area contributed by atoms with E-state index in [-0.39, 0.29) is 17.6 Å². The normalized spacial score (nSPS) is 54.5. The van der Waals surface area contributed by atoms with Crippen LogP contribution in [0, 0.1) is 52.3 Å². The van der Waals surface area contributed by atoms with Gasteiger partial charge in [-0.05, 0) is 116 Å². The van der Waals surface area contributed by atoms with Crippen LogP contribution < -0.4 is 0 Å². The second-order valence-corrected chi connectivity index (χ2v) is 12.7. The summed E-state index contributed by atoms with van der Waals surface area (Å²) in [6.07, 6.45) is 11.7. The number of rotatable bonds is 2. The lowest BCUT2D eigenvalue weighted by Crippen LogP contribution is -2.54. The Bertz CT molecular complexity index is 690. The molecule has 0 unspecified atom stereocenters. The Balaban J connectivity index is 1.39. The van der Waals surface area contributed by atoms with Crippen molar-refractivity contribution in [2.24, 2.45) is 57.2 Å². The first kappa shape index (κ1) is 21.4. The summed E-state index contributed by atoms with van der Waals surface area (Å²) in [5.41, 5.74) is 2.09. The van der Waals surface area contributed by atoms with Crippen molar-refractivity contribution in [3.8, 4) is 0 Å². The second-order valence-electron chi connectivity index (χ2n) is 12.7. The van der Waals surface area contributed by atoms with E-state index in [1.165, 1.54) is 44.2 Å². The average molecular weight is 416 g/mol. The Hall–Kier alpha value is -0.410. The minimum Gasteiger partial charge on any atom is -0.393 e. The van der Waals surface area contributed by atoms with Crippen LogP contribution >= 0.6 is 0 Å². The van der Waals surface area contributed by atoms with E-state index in [2.05, 4.69) is 27.7 Å². The first-order valence-electron chi connectivity index (χ1n) is 13.1. The number of hydrogen-bond acceptors (Lipinski definition) is 3. The van der Waals surface area contributed by atoms with Crippen LogP contribution in [0.15, 0.2) is 4.99 Å². The van der Waals surface area contributed by atoms with E-state index in [4.69, 9.17) is 4.99 Å². The number of fused-ring (bicyclic) bond motifs is 5. The van der Waals surface area contributed by atoms with Crippen LogP contribution in [-0.2, 0) is 0 Å². The summed E-state index contributed by atoms with van der Waals surface area (Å²) in [7, 11) is 0. The Morgan fingerprint density at radius 2 is 1.70 bits per heavy atom. The van der Waals surface area contributed by atoms with E-state index in [0.717, 1.165) is 50.0 Å². The number of nitrogens with zero attached hydrogens (tertiary/aromatic N) is 1. The van der Waals surface area contributed by atoms with E-state index in [0.29, 0.717) is 29.1 Å². The number of hydrogen-bond donors (Lipinski definition) is 2. The third-order valence-corrected chi connectivity index (χ3v) is 11.3. The van der Waals surface area contributed by atoms with E-state index in [1.54, 1.807) is 0 Å². The van der Waals surface area contributed by atoms with Gasteiger partial charge in [0.2, 0.25) is 0 Å². The summed E-state index contributed by atoms with van der Waals surface area (Å²) in [4.78, 5) is 4.99. The zero-order chi connectivity index (χ0) is 21.3. The van der Waals surface area contributed by atoms with Crippen LogP contribution in [0.5, 0.6) is 0 Å². The molecule has 0 aromatic rings. The number of aliphatic hydroxyl groups is 2. The molecule has 0 aromatic heterocycles. The van der Waals surface area contributed by atoms with Gasteiger partial charge in [-0.3, -0.25) is 4.99 Å². The quantitative estimate of drug-likeness (QED) is 0.627. The maximum atomic E-state index is 11.4. The molecule has 5 aliphatic rings. The Kier molecular flexibility index (Phi) is 5.41. The standard InChI is InChI=1S/C27H45NO2/c1-16-5-8-23(28-15-16)17(2)25-24(30)14-22-20-7-6-18-13-19(29)9-11-26(18,3)21(20)10-12-27(22,25)4/h16-22,24-25,29-30H,5-15H2,1-4H3/t16-,17+,18+,19+,20-,21+,22+,24-,25+,26+,27+/m1/s1. The first-order valence-corrected chi connectivity index (χ1v) is 13.1. The van der Waals surface area contributed by atoms with E-state index >= 15 is 0 Å². The van der Waals surface area contributed by atoms with Gasteiger partial charge in [-0.25, -0.2) is 0 Å². The van der Waals surface area contributed by atoms with Crippen molar-refractivity contribution < 1.29 is 10.2 Å². The molecule has 0 bridgehead atoms. The van der Waals surface area contributed by atoms with Crippen LogP contribution in [0.4, 0.5) is 0 Å². The first-order chi connectivity index (χ1) is 14.2. The van der Waals surface area contributed by atoms with Gasteiger partial charge < -0.3 is 10.2 Å². The molecule has 0 amide bonds. The molecule has 1 heterocycles. The Morgan fingerprint density at radius 1 is 0.933 bits per heavy atom. The summed E-state index contributed by atoms with van der Waals surface area (Å²) in [6, 6.07) is 0. The fourth-order valence-corrected chi connectivity index (χ4v) is 9.61. The van der Waals surface area contributed by atoms with Crippen molar-refractivity contribution in [2.75, 3.05) is 6.54 Å². The van der Waals surface area contributed by atoms with E-state index in [9.17, 15) is 10.2 Å². The Morgan fingerprint density at radius 3 is 2.43 bits per heavy atom.